The van der Waals surface area contributed by atoms with Crippen LogP contribution in [0.3, 0.4) is 0 Å². The summed E-state index contributed by atoms with van der Waals surface area (Å²) < 4.78 is 29.1. The van der Waals surface area contributed by atoms with Crippen LogP contribution in [0, 0.1) is 0 Å². The Bertz CT molecular complexity index is 2130. The molecule has 320 valence electrons. The Morgan fingerprint density at radius 2 is 0.484 bits per heavy atom. The molecule has 1 saturated carbocycles. The minimum absolute atomic E-state index is 0.266. The molecule has 4 atom stereocenters. The van der Waals surface area contributed by atoms with Crippen LogP contribution in [0.1, 0.15) is 64.7 Å². The first kappa shape index (κ1) is 41.9. The maximum Gasteiger partial charge on any atom is 0.170 e. The van der Waals surface area contributed by atoms with E-state index in [1.54, 1.807) is 0 Å². The Morgan fingerprint density at radius 3 is 0.613 bits per heavy atom. The highest BCUT2D eigenvalue weighted by Gasteiger charge is 2.69. The molecule has 16 heteroatoms. The van der Waals surface area contributed by atoms with Crippen molar-refractivity contribution in [2.24, 2.45) is 0 Å². The van der Waals surface area contributed by atoms with E-state index >= 15 is 0 Å². The highest BCUT2D eigenvalue weighted by atomic mass is 32.1. The van der Waals surface area contributed by atoms with Crippen LogP contribution >= 0.6 is 90.7 Å². The Morgan fingerprint density at radius 1 is 0.323 bits per heavy atom. The van der Waals surface area contributed by atoms with E-state index in [2.05, 4.69) is 0 Å². The lowest BCUT2D eigenvalue weighted by molar-refractivity contribution is -0.278. The Labute approximate surface area is 390 Å². The van der Waals surface area contributed by atoms with Gasteiger partial charge in [-0.05, 0) is 91.6 Å². The number of hydrogen-bond acceptors (Lipinski definition) is 16. The van der Waals surface area contributed by atoms with E-state index in [1.165, 1.54) is 90.7 Å². The molecular formula is C46H40O8S8. The van der Waals surface area contributed by atoms with Gasteiger partial charge in [0.1, 0.15) is 24.4 Å². The van der Waals surface area contributed by atoms with Gasteiger partial charge in [0.15, 0.2) is 34.0 Å². The molecule has 0 amide bonds. The van der Waals surface area contributed by atoms with Crippen LogP contribution in [0.2, 0.25) is 0 Å². The third-order valence-electron chi connectivity index (χ3n) is 12.5. The standard InChI is InChI=1S/C46H40O8S8/c47-43(29-9-1-21-55-29,30-10-2-22-56-30)37-38(44(48,31-11-3-23-57-31)32-12-4-24-58-32)52-41(51-37)17-19-42(20-18-41)53-39(45(49,33-13-5-25-59-33)34-14-6-26-60-34)40(54-42)46(50,35-15-7-27-61-35)36-16-8-28-62-36/h1-16,21-28,37-40,47-50H,17-20H2/t37-,38-,39-,40-/m1/s1. The minimum Gasteiger partial charge on any atom is -0.376 e. The van der Waals surface area contributed by atoms with E-state index < -0.39 is 58.4 Å². The Balaban J connectivity index is 1.01. The van der Waals surface area contributed by atoms with Gasteiger partial charge in [-0.3, -0.25) is 0 Å². The zero-order valence-corrected chi connectivity index (χ0v) is 39.2. The molecule has 8 aromatic rings. The monoisotopic (exact) mass is 976 g/mol. The van der Waals surface area contributed by atoms with E-state index in [0.717, 1.165) is 0 Å². The summed E-state index contributed by atoms with van der Waals surface area (Å²) in [5.74, 6) is -2.55. The topological polar surface area (TPSA) is 118 Å². The van der Waals surface area contributed by atoms with Crippen molar-refractivity contribution in [3.8, 4) is 0 Å². The maximum absolute atomic E-state index is 13.3. The molecule has 8 aromatic heterocycles. The van der Waals surface area contributed by atoms with Gasteiger partial charge in [-0.1, -0.05) is 48.5 Å². The predicted molar refractivity (Wildman–Crippen MR) is 250 cm³/mol. The zero-order chi connectivity index (χ0) is 42.2. The summed E-state index contributed by atoms with van der Waals surface area (Å²) >= 11 is 11.5. The second-order valence-electron chi connectivity index (χ2n) is 15.9. The second kappa shape index (κ2) is 16.0. The number of aliphatic hydroxyl groups is 4. The molecule has 0 radical (unpaired) electrons. The molecule has 3 aliphatic rings. The van der Waals surface area contributed by atoms with Crippen LogP contribution in [0.5, 0.6) is 0 Å². The van der Waals surface area contributed by atoms with Gasteiger partial charge in [-0.2, -0.15) is 0 Å². The third-order valence-corrected chi connectivity index (χ3v) is 20.5. The molecule has 11 rings (SSSR count). The van der Waals surface area contributed by atoms with Gasteiger partial charge < -0.3 is 39.4 Å². The molecule has 4 N–H and O–H groups in total. The molecular weight excluding hydrogens is 937 g/mol. The van der Waals surface area contributed by atoms with Gasteiger partial charge >= 0.3 is 0 Å². The molecule has 0 unspecified atom stereocenters. The lowest BCUT2D eigenvalue weighted by Crippen LogP contribution is -2.54. The van der Waals surface area contributed by atoms with Crippen molar-refractivity contribution in [3.63, 3.8) is 0 Å². The Hall–Kier alpha value is -2.72. The molecule has 10 heterocycles. The van der Waals surface area contributed by atoms with E-state index in [0.29, 0.717) is 39.0 Å². The molecule has 2 aliphatic heterocycles. The summed E-state index contributed by atoms with van der Waals surface area (Å²) in [5.41, 5.74) is -6.72. The molecule has 2 spiro atoms. The van der Waals surface area contributed by atoms with Crippen LogP contribution in [-0.2, 0) is 41.4 Å². The molecule has 8 nitrogen and oxygen atoms in total. The molecule has 2 saturated heterocycles. The summed E-state index contributed by atoms with van der Waals surface area (Å²) in [5, 5.41) is 68.7. The summed E-state index contributed by atoms with van der Waals surface area (Å²) in [4.78, 5) is 5.43. The summed E-state index contributed by atoms with van der Waals surface area (Å²) in [6.45, 7) is 0. The molecule has 1 aliphatic carbocycles. The first-order valence-electron chi connectivity index (χ1n) is 20.1. The smallest absolute Gasteiger partial charge is 0.170 e. The van der Waals surface area contributed by atoms with E-state index in [1.807, 2.05) is 140 Å². The van der Waals surface area contributed by atoms with Crippen LogP contribution in [-0.4, -0.2) is 56.4 Å². The predicted octanol–water partition coefficient (Wildman–Crippen LogP) is 10.8. The largest absolute Gasteiger partial charge is 0.376 e. The van der Waals surface area contributed by atoms with Gasteiger partial charge in [0.05, 0.1) is 0 Å². The third kappa shape index (κ3) is 6.48. The quantitative estimate of drug-likeness (QED) is 0.0956. The van der Waals surface area contributed by atoms with Crippen LogP contribution in [0.15, 0.2) is 140 Å². The summed E-state index contributed by atoms with van der Waals surface area (Å²) in [6, 6.07) is 30.6. The van der Waals surface area contributed by atoms with Gasteiger partial charge in [0.2, 0.25) is 0 Å². The van der Waals surface area contributed by atoms with Crippen molar-refractivity contribution in [3.05, 3.63) is 179 Å². The average molecular weight is 977 g/mol. The van der Waals surface area contributed by atoms with Gasteiger partial charge in [-0.25, -0.2) is 0 Å². The lowest BCUT2D eigenvalue weighted by Gasteiger charge is -2.42. The number of ether oxygens (including phenoxy) is 4. The first-order valence-corrected chi connectivity index (χ1v) is 27.1. The highest BCUT2D eigenvalue weighted by molar-refractivity contribution is 7.13. The van der Waals surface area contributed by atoms with Crippen LogP contribution in [0.25, 0.3) is 0 Å². The highest BCUT2D eigenvalue weighted by Crippen LogP contribution is 2.60. The summed E-state index contributed by atoms with van der Waals surface area (Å²) in [6.07, 6.45) is -3.16. The van der Waals surface area contributed by atoms with E-state index in [9.17, 15) is 20.4 Å². The lowest BCUT2D eigenvalue weighted by atomic mass is 9.80. The van der Waals surface area contributed by atoms with Crippen molar-refractivity contribution in [2.75, 3.05) is 0 Å². The van der Waals surface area contributed by atoms with Crippen molar-refractivity contribution in [2.45, 2.75) is 84.1 Å². The van der Waals surface area contributed by atoms with Crippen LogP contribution in [0.4, 0.5) is 0 Å². The fourth-order valence-corrected chi connectivity index (χ4v) is 16.7. The van der Waals surface area contributed by atoms with E-state index in [4.69, 9.17) is 18.9 Å². The summed E-state index contributed by atoms with van der Waals surface area (Å²) in [7, 11) is 0. The van der Waals surface area contributed by atoms with Crippen LogP contribution < -0.4 is 0 Å². The van der Waals surface area contributed by atoms with Gasteiger partial charge in [0, 0.05) is 64.7 Å². The molecule has 0 aromatic carbocycles. The minimum atomic E-state index is -1.68. The average Bonchev–Trinajstić information content (AvgIpc) is 4.17. The van der Waals surface area contributed by atoms with Crippen molar-refractivity contribution >= 4 is 90.7 Å². The SMILES string of the molecule is OC(c1cccs1)(c1cccs1)[C@@H]1OC2(CCC3(CC2)O[C@@H](C(O)(c2cccs2)c2cccs2)[C@H](C(O)(c2cccs2)c2cccs2)O3)O[C@H]1C(O)(c1cccs1)c1cccs1. The normalized spacial score (nSPS) is 22.9. The Kier molecular flexibility index (Phi) is 10.8. The van der Waals surface area contributed by atoms with Gasteiger partial charge in [0.25, 0.3) is 0 Å². The molecule has 0 bridgehead atoms. The van der Waals surface area contributed by atoms with Crippen molar-refractivity contribution in [1.29, 1.82) is 0 Å². The van der Waals surface area contributed by atoms with E-state index in [-0.39, 0.29) is 25.7 Å². The number of thiophene rings is 8. The maximum atomic E-state index is 13.3. The fraction of sp³-hybridized carbons (Fsp3) is 0.304. The molecule has 3 fully saturated rings. The first-order chi connectivity index (χ1) is 30.1. The van der Waals surface area contributed by atoms with Crippen molar-refractivity contribution in [1.82, 2.24) is 0 Å². The van der Waals surface area contributed by atoms with Crippen molar-refractivity contribution < 1.29 is 39.4 Å². The second-order valence-corrected chi connectivity index (χ2v) is 23.4. The zero-order valence-electron chi connectivity index (χ0n) is 32.7. The number of hydrogen-bond donors (Lipinski definition) is 4. The fourth-order valence-electron chi connectivity index (χ4n) is 9.50. The van der Waals surface area contributed by atoms with Gasteiger partial charge in [-0.15, -0.1) is 90.7 Å². The number of rotatable bonds is 12. The molecule has 62 heavy (non-hydrogen) atoms.